The predicted molar refractivity (Wildman–Crippen MR) is 157 cm³/mol. The number of nitrogens with one attached hydrogen (secondary N) is 3. The largest absolute Gasteiger partial charge is 0.493 e. The number of aromatic nitrogens is 5. The lowest BCUT2D eigenvalue weighted by atomic mass is 9.98. The molecule has 3 N–H and O–H groups in total. The molecule has 0 bridgehead atoms. The number of amides is 1. The predicted octanol–water partition coefficient (Wildman–Crippen LogP) is 4.65. The van der Waals surface area contributed by atoms with E-state index in [1.165, 1.54) is 11.1 Å². The number of aromatic amines is 2. The maximum absolute atomic E-state index is 13.5. The van der Waals surface area contributed by atoms with Crippen LogP contribution in [0.15, 0.2) is 48.9 Å². The van der Waals surface area contributed by atoms with Gasteiger partial charge in [0.2, 0.25) is 0 Å². The lowest BCUT2D eigenvalue weighted by Gasteiger charge is -2.29. The first-order chi connectivity index (χ1) is 20.0. The summed E-state index contributed by atoms with van der Waals surface area (Å²) in [6.45, 7) is 6.98. The number of imidazole rings is 1. The highest BCUT2D eigenvalue weighted by Gasteiger charge is 2.25. The molecule has 6 rings (SSSR count). The molecule has 210 valence electrons. The summed E-state index contributed by atoms with van der Waals surface area (Å²) >= 11 is 0. The number of hydrogen-bond donors (Lipinski definition) is 3. The van der Waals surface area contributed by atoms with E-state index in [4.69, 9.17) is 9.47 Å². The molecule has 0 fully saturated rings. The molecule has 3 aromatic heterocycles. The van der Waals surface area contributed by atoms with Gasteiger partial charge in [-0.15, -0.1) is 0 Å². The Kier molecular flexibility index (Phi) is 7.15. The van der Waals surface area contributed by atoms with Crippen LogP contribution in [0.4, 0.5) is 0 Å². The van der Waals surface area contributed by atoms with E-state index in [0.717, 1.165) is 52.7 Å². The number of pyridine rings is 1. The SMILES string of the molecule is CCNCc1cncc(-c2ccc3[nH]nc(-c4ncc(C(=O)N5CCc6cc(OC)c(OC)cc6C5)[nH]4)c3c2)c1C. The molecule has 0 atom stereocenters. The van der Waals surface area contributed by atoms with Crippen molar-refractivity contribution in [2.45, 2.75) is 33.4 Å². The Morgan fingerprint density at radius 3 is 2.66 bits per heavy atom. The van der Waals surface area contributed by atoms with E-state index in [1.807, 2.05) is 35.5 Å². The van der Waals surface area contributed by atoms with Crippen molar-refractivity contribution in [3.63, 3.8) is 0 Å². The number of fused-ring (bicyclic) bond motifs is 2. The number of nitrogens with zero attached hydrogens (tertiary/aromatic N) is 4. The number of carbonyl (C=O) groups is 1. The first-order valence-corrected chi connectivity index (χ1v) is 13.7. The van der Waals surface area contributed by atoms with E-state index >= 15 is 0 Å². The molecule has 0 aliphatic carbocycles. The number of hydrogen-bond acceptors (Lipinski definition) is 7. The molecule has 4 heterocycles. The van der Waals surface area contributed by atoms with E-state index < -0.39 is 0 Å². The van der Waals surface area contributed by atoms with Gasteiger partial charge in [-0.25, -0.2) is 4.98 Å². The normalized spacial score (nSPS) is 12.9. The van der Waals surface area contributed by atoms with Gasteiger partial charge < -0.3 is 24.7 Å². The van der Waals surface area contributed by atoms with E-state index in [2.05, 4.69) is 56.4 Å². The fourth-order valence-corrected chi connectivity index (χ4v) is 5.44. The summed E-state index contributed by atoms with van der Waals surface area (Å²) in [6.07, 6.45) is 6.14. The van der Waals surface area contributed by atoms with Crippen LogP contribution < -0.4 is 14.8 Å². The molecular formula is C31H33N7O3. The molecule has 0 unspecified atom stereocenters. The Hall–Kier alpha value is -4.70. The number of rotatable bonds is 8. The van der Waals surface area contributed by atoms with Gasteiger partial charge in [0.25, 0.3) is 5.91 Å². The maximum atomic E-state index is 13.5. The minimum atomic E-state index is -0.107. The minimum Gasteiger partial charge on any atom is -0.493 e. The number of benzene rings is 2. The molecule has 1 amide bonds. The van der Waals surface area contributed by atoms with Crippen molar-refractivity contribution in [2.24, 2.45) is 0 Å². The Balaban J connectivity index is 1.27. The molecule has 10 heteroatoms. The number of methoxy groups -OCH3 is 2. The van der Waals surface area contributed by atoms with Crippen molar-refractivity contribution in [1.29, 1.82) is 0 Å². The third-order valence-corrected chi connectivity index (χ3v) is 7.79. The van der Waals surface area contributed by atoms with Crippen LogP contribution in [0.3, 0.4) is 0 Å². The first-order valence-electron chi connectivity index (χ1n) is 13.7. The van der Waals surface area contributed by atoms with E-state index in [1.54, 1.807) is 20.4 Å². The molecule has 10 nitrogen and oxygen atoms in total. The molecule has 0 saturated carbocycles. The van der Waals surface area contributed by atoms with Gasteiger partial charge in [0.1, 0.15) is 11.4 Å². The van der Waals surface area contributed by atoms with E-state index in [-0.39, 0.29) is 5.91 Å². The summed E-state index contributed by atoms with van der Waals surface area (Å²) in [6, 6.07) is 10.1. The summed E-state index contributed by atoms with van der Waals surface area (Å²) in [4.78, 5) is 27.5. The zero-order chi connectivity index (χ0) is 28.5. The van der Waals surface area contributed by atoms with Crippen molar-refractivity contribution < 1.29 is 14.3 Å². The molecule has 5 aromatic rings. The highest BCUT2D eigenvalue weighted by Crippen LogP contribution is 2.34. The van der Waals surface area contributed by atoms with Gasteiger partial charge in [0, 0.05) is 43.0 Å². The van der Waals surface area contributed by atoms with Crippen LogP contribution in [0.5, 0.6) is 11.5 Å². The van der Waals surface area contributed by atoms with Crippen LogP contribution in [0.2, 0.25) is 0 Å². The zero-order valence-electron chi connectivity index (χ0n) is 23.7. The van der Waals surface area contributed by atoms with Crippen molar-refractivity contribution in [1.82, 2.24) is 35.4 Å². The zero-order valence-corrected chi connectivity index (χ0v) is 23.7. The molecule has 1 aliphatic rings. The Labute approximate surface area is 238 Å². The highest BCUT2D eigenvalue weighted by molar-refractivity contribution is 5.96. The van der Waals surface area contributed by atoms with Crippen molar-refractivity contribution >= 4 is 16.8 Å². The third kappa shape index (κ3) is 4.91. The summed E-state index contributed by atoms with van der Waals surface area (Å²) in [5.41, 5.74) is 8.66. The molecule has 0 spiro atoms. The van der Waals surface area contributed by atoms with Crippen LogP contribution >= 0.6 is 0 Å². The standard InChI is InChI=1S/C31H33N7O3/c1-5-32-13-22-14-33-15-24(18(22)2)20-6-7-25-23(10-20)29(37-36-25)30-34-16-26(35-30)31(39)38-9-8-19-11-27(40-3)28(41-4)12-21(19)17-38/h6-7,10-12,14-16,32H,5,8-9,13,17H2,1-4H3,(H,34,35)(H,36,37). The monoisotopic (exact) mass is 551 g/mol. The van der Waals surface area contributed by atoms with Gasteiger partial charge in [-0.3, -0.25) is 14.9 Å². The summed E-state index contributed by atoms with van der Waals surface area (Å²) in [5.74, 6) is 1.79. The fourth-order valence-electron chi connectivity index (χ4n) is 5.44. The van der Waals surface area contributed by atoms with Crippen LogP contribution in [-0.2, 0) is 19.5 Å². The van der Waals surface area contributed by atoms with Gasteiger partial charge in [0.05, 0.1) is 25.9 Å². The van der Waals surface area contributed by atoms with Gasteiger partial charge >= 0.3 is 0 Å². The molecule has 2 aromatic carbocycles. The highest BCUT2D eigenvalue weighted by atomic mass is 16.5. The van der Waals surface area contributed by atoms with Gasteiger partial charge in [0.15, 0.2) is 17.3 Å². The van der Waals surface area contributed by atoms with Crippen molar-refractivity contribution in [3.8, 4) is 34.1 Å². The lowest BCUT2D eigenvalue weighted by molar-refractivity contribution is 0.0729. The average molecular weight is 552 g/mol. The van der Waals surface area contributed by atoms with Gasteiger partial charge in [-0.2, -0.15) is 5.10 Å². The smallest absolute Gasteiger partial charge is 0.272 e. The van der Waals surface area contributed by atoms with Gasteiger partial charge in [-0.1, -0.05) is 13.0 Å². The molecule has 0 saturated heterocycles. The quantitative estimate of drug-likeness (QED) is 0.257. The van der Waals surface area contributed by atoms with Crippen LogP contribution in [0.25, 0.3) is 33.5 Å². The topological polar surface area (TPSA) is 121 Å². The summed E-state index contributed by atoms with van der Waals surface area (Å²) < 4.78 is 10.9. The minimum absolute atomic E-state index is 0.107. The second-order valence-corrected chi connectivity index (χ2v) is 10.2. The lowest BCUT2D eigenvalue weighted by Crippen LogP contribution is -2.36. The average Bonchev–Trinajstić information content (AvgIpc) is 3.66. The fraction of sp³-hybridized carbons (Fsp3) is 0.290. The molecule has 41 heavy (non-hydrogen) atoms. The number of ether oxygens (including phenoxy) is 2. The second-order valence-electron chi connectivity index (χ2n) is 10.2. The van der Waals surface area contributed by atoms with Crippen LogP contribution in [-0.4, -0.2) is 63.3 Å². The van der Waals surface area contributed by atoms with E-state index in [0.29, 0.717) is 41.8 Å². The maximum Gasteiger partial charge on any atom is 0.272 e. The Bertz CT molecular complexity index is 1740. The number of carbonyl (C=O) groups excluding carboxylic acids is 1. The van der Waals surface area contributed by atoms with Crippen molar-refractivity contribution in [2.75, 3.05) is 27.3 Å². The molecule has 1 aliphatic heterocycles. The van der Waals surface area contributed by atoms with Crippen molar-refractivity contribution in [3.05, 3.63) is 76.9 Å². The van der Waals surface area contributed by atoms with E-state index in [9.17, 15) is 4.79 Å². The molecule has 0 radical (unpaired) electrons. The third-order valence-electron chi connectivity index (χ3n) is 7.79. The van der Waals surface area contributed by atoms with Crippen LogP contribution in [0.1, 0.15) is 39.7 Å². The van der Waals surface area contributed by atoms with Gasteiger partial charge in [-0.05, 0) is 72.0 Å². The molecular weight excluding hydrogens is 518 g/mol. The second kappa shape index (κ2) is 11.1. The Morgan fingerprint density at radius 1 is 1.07 bits per heavy atom. The van der Waals surface area contributed by atoms with Crippen LogP contribution in [0, 0.1) is 6.92 Å². The summed E-state index contributed by atoms with van der Waals surface area (Å²) in [7, 11) is 3.24. The Morgan fingerprint density at radius 2 is 1.88 bits per heavy atom. The first kappa shape index (κ1) is 26.5. The number of H-pyrrole nitrogens is 2. The summed E-state index contributed by atoms with van der Waals surface area (Å²) in [5, 5.41) is 11.9.